The molecule has 0 bridgehead atoms. The lowest BCUT2D eigenvalue weighted by Gasteiger charge is -2.09. The highest BCUT2D eigenvalue weighted by Crippen LogP contribution is 2.21. The van der Waals surface area contributed by atoms with Crippen LogP contribution >= 0.6 is 34.8 Å². The molecule has 5 nitrogen and oxygen atoms in total. The Morgan fingerprint density at radius 2 is 1.39 bits per heavy atom. The summed E-state index contributed by atoms with van der Waals surface area (Å²) in [4.78, 5) is 0.128. The number of hydrogen-bond donors (Lipinski definition) is 2. The van der Waals surface area contributed by atoms with Gasteiger partial charge in [0.1, 0.15) is 0 Å². The van der Waals surface area contributed by atoms with Crippen LogP contribution in [0.4, 0.5) is 11.4 Å². The van der Waals surface area contributed by atoms with E-state index in [4.69, 9.17) is 34.8 Å². The lowest BCUT2D eigenvalue weighted by molar-refractivity contribution is 0.601. The molecule has 0 unspecified atom stereocenters. The van der Waals surface area contributed by atoms with E-state index >= 15 is 0 Å². The van der Waals surface area contributed by atoms with Crippen molar-refractivity contribution in [3.8, 4) is 0 Å². The molecule has 0 radical (unpaired) electrons. The molecule has 0 aliphatic rings. The fourth-order valence-corrected chi connectivity index (χ4v) is 3.87. The van der Waals surface area contributed by atoms with Crippen LogP contribution in [0.25, 0.3) is 0 Å². The van der Waals surface area contributed by atoms with Gasteiger partial charge in [0.05, 0.1) is 21.8 Å². The number of hydrazone groups is 1. The molecule has 0 atom stereocenters. The van der Waals surface area contributed by atoms with Gasteiger partial charge >= 0.3 is 0 Å². The number of nitrogens with zero attached hydrogens (tertiary/aromatic N) is 1. The molecule has 0 aromatic heterocycles. The minimum absolute atomic E-state index is 0.128. The van der Waals surface area contributed by atoms with Crippen LogP contribution in [0.1, 0.15) is 5.56 Å². The van der Waals surface area contributed by atoms with E-state index in [2.05, 4.69) is 15.2 Å². The summed E-state index contributed by atoms with van der Waals surface area (Å²) in [7, 11) is -3.69. The van der Waals surface area contributed by atoms with E-state index < -0.39 is 10.0 Å². The van der Waals surface area contributed by atoms with Gasteiger partial charge in [0, 0.05) is 21.3 Å². The van der Waals surface area contributed by atoms with Crippen molar-refractivity contribution in [3.63, 3.8) is 0 Å². The van der Waals surface area contributed by atoms with Crippen molar-refractivity contribution in [2.75, 3.05) is 10.1 Å². The zero-order valence-electron chi connectivity index (χ0n) is 14.2. The third kappa shape index (κ3) is 5.39. The number of hydrogen-bond acceptors (Lipinski definition) is 4. The Morgan fingerprint density at radius 3 is 2.04 bits per heavy atom. The lowest BCUT2D eigenvalue weighted by Crippen LogP contribution is -2.12. The van der Waals surface area contributed by atoms with Crippen LogP contribution in [-0.4, -0.2) is 14.6 Å². The molecule has 0 fully saturated rings. The predicted octanol–water partition coefficient (Wildman–Crippen LogP) is 5.89. The zero-order valence-corrected chi connectivity index (χ0v) is 17.3. The first-order valence-electron chi connectivity index (χ1n) is 7.96. The Kier molecular flexibility index (Phi) is 6.46. The Balaban J connectivity index is 1.64. The van der Waals surface area contributed by atoms with Crippen LogP contribution in [0.5, 0.6) is 0 Å². The molecule has 3 rings (SSSR count). The van der Waals surface area contributed by atoms with Gasteiger partial charge in [-0.05, 0) is 60.7 Å². The quantitative estimate of drug-likeness (QED) is 0.360. The molecule has 9 heteroatoms. The Hall–Kier alpha value is -2.25. The van der Waals surface area contributed by atoms with Gasteiger partial charge < -0.3 is 0 Å². The van der Waals surface area contributed by atoms with E-state index in [1.54, 1.807) is 48.7 Å². The second-order valence-corrected chi connectivity index (χ2v) is 8.64. The summed E-state index contributed by atoms with van der Waals surface area (Å²) in [5.41, 5.74) is 4.66. The van der Waals surface area contributed by atoms with Crippen molar-refractivity contribution in [2.24, 2.45) is 5.10 Å². The molecule has 3 aromatic carbocycles. The van der Waals surface area contributed by atoms with E-state index in [0.29, 0.717) is 32.0 Å². The average Bonchev–Trinajstić information content (AvgIpc) is 2.65. The molecular weight excluding hydrogens is 441 g/mol. The van der Waals surface area contributed by atoms with Gasteiger partial charge in [-0.25, -0.2) is 8.42 Å². The van der Waals surface area contributed by atoms with E-state index in [1.165, 1.54) is 24.3 Å². The molecule has 144 valence electrons. The first-order valence-corrected chi connectivity index (χ1v) is 10.6. The fraction of sp³-hybridized carbons (Fsp3) is 0. The molecular formula is C19H14Cl3N3O2S. The zero-order chi connectivity index (χ0) is 20.1. The number of anilines is 2. The second-order valence-electron chi connectivity index (χ2n) is 5.67. The van der Waals surface area contributed by atoms with Crippen molar-refractivity contribution < 1.29 is 8.42 Å². The predicted molar refractivity (Wildman–Crippen MR) is 116 cm³/mol. The SMILES string of the molecule is O=S(=O)(Nc1ccc(N/N=C/c2ccc(Cl)cc2Cl)cc1)c1ccc(Cl)cc1. The summed E-state index contributed by atoms with van der Waals surface area (Å²) in [6.07, 6.45) is 1.57. The first-order chi connectivity index (χ1) is 13.3. The molecule has 0 heterocycles. The monoisotopic (exact) mass is 453 g/mol. The normalized spacial score (nSPS) is 11.5. The lowest BCUT2D eigenvalue weighted by atomic mass is 10.2. The number of rotatable bonds is 6. The van der Waals surface area contributed by atoms with Crippen molar-refractivity contribution in [1.82, 2.24) is 0 Å². The van der Waals surface area contributed by atoms with Crippen LogP contribution in [0, 0.1) is 0 Å². The summed E-state index contributed by atoms with van der Waals surface area (Å²) < 4.78 is 27.2. The van der Waals surface area contributed by atoms with E-state index in [1.807, 2.05) is 0 Å². The van der Waals surface area contributed by atoms with Crippen molar-refractivity contribution >= 4 is 62.4 Å². The van der Waals surface area contributed by atoms with Crippen molar-refractivity contribution in [1.29, 1.82) is 0 Å². The number of benzene rings is 3. The third-order valence-corrected chi connectivity index (χ3v) is 5.83. The maximum absolute atomic E-state index is 12.4. The number of sulfonamides is 1. The average molecular weight is 455 g/mol. The maximum Gasteiger partial charge on any atom is 0.261 e. The van der Waals surface area contributed by atoms with Gasteiger partial charge in [0.2, 0.25) is 0 Å². The highest BCUT2D eigenvalue weighted by atomic mass is 35.5. The molecule has 0 aliphatic heterocycles. The maximum atomic E-state index is 12.4. The van der Waals surface area contributed by atoms with E-state index in [0.717, 1.165) is 0 Å². The Bertz CT molecular complexity index is 1100. The first kappa shape index (κ1) is 20.5. The summed E-state index contributed by atoms with van der Waals surface area (Å²) >= 11 is 17.7. The van der Waals surface area contributed by atoms with Gasteiger partial charge in [0.15, 0.2) is 0 Å². The van der Waals surface area contributed by atoms with Crippen molar-refractivity contribution in [3.05, 3.63) is 87.4 Å². The van der Waals surface area contributed by atoms with Crippen LogP contribution in [0.15, 0.2) is 76.7 Å². The third-order valence-electron chi connectivity index (χ3n) is 3.62. The van der Waals surface area contributed by atoms with Crippen LogP contribution in [0.2, 0.25) is 15.1 Å². The van der Waals surface area contributed by atoms with Crippen LogP contribution in [0.3, 0.4) is 0 Å². The van der Waals surface area contributed by atoms with Gasteiger partial charge in [-0.3, -0.25) is 10.1 Å². The van der Waals surface area contributed by atoms with E-state index in [-0.39, 0.29) is 4.90 Å². The van der Waals surface area contributed by atoms with Crippen molar-refractivity contribution in [2.45, 2.75) is 4.90 Å². The molecule has 0 aliphatic carbocycles. The molecule has 28 heavy (non-hydrogen) atoms. The fourth-order valence-electron chi connectivity index (χ4n) is 2.22. The largest absolute Gasteiger partial charge is 0.280 e. The molecule has 0 amide bonds. The molecule has 2 N–H and O–H groups in total. The minimum atomic E-state index is -3.69. The summed E-state index contributed by atoms with van der Waals surface area (Å²) in [5, 5.41) is 5.61. The van der Waals surface area contributed by atoms with Crippen LogP contribution in [-0.2, 0) is 10.0 Å². The summed E-state index contributed by atoms with van der Waals surface area (Å²) in [6, 6.07) is 17.7. The highest BCUT2D eigenvalue weighted by Gasteiger charge is 2.13. The van der Waals surface area contributed by atoms with Crippen LogP contribution < -0.4 is 10.1 Å². The molecule has 0 saturated carbocycles. The van der Waals surface area contributed by atoms with Gasteiger partial charge in [0.25, 0.3) is 10.0 Å². The smallest absolute Gasteiger partial charge is 0.261 e. The summed E-state index contributed by atoms with van der Waals surface area (Å²) in [5.74, 6) is 0. The number of halogens is 3. The molecule has 3 aromatic rings. The molecule has 0 spiro atoms. The second kappa shape index (κ2) is 8.84. The van der Waals surface area contributed by atoms with E-state index in [9.17, 15) is 8.42 Å². The van der Waals surface area contributed by atoms with Gasteiger partial charge in [-0.1, -0.05) is 40.9 Å². The topological polar surface area (TPSA) is 70.6 Å². The number of nitrogens with one attached hydrogen (secondary N) is 2. The van der Waals surface area contributed by atoms with Gasteiger partial charge in [-0.15, -0.1) is 0 Å². The van der Waals surface area contributed by atoms with Gasteiger partial charge in [-0.2, -0.15) is 5.10 Å². The summed E-state index contributed by atoms with van der Waals surface area (Å²) in [6.45, 7) is 0. The standard InChI is InChI=1S/C19H14Cl3N3O2S/c20-14-3-9-18(10-4-14)28(26,27)25-17-7-5-16(6-8-17)24-23-12-13-1-2-15(21)11-19(13)22/h1-12,24-25H/b23-12+. The minimum Gasteiger partial charge on any atom is -0.280 e. The Morgan fingerprint density at radius 1 is 0.786 bits per heavy atom. The molecule has 0 saturated heterocycles. The Labute approximate surface area is 178 Å². The highest BCUT2D eigenvalue weighted by molar-refractivity contribution is 7.92.